The van der Waals surface area contributed by atoms with Crippen LogP contribution in [0, 0.1) is 5.92 Å². The zero-order valence-electron chi connectivity index (χ0n) is 44.4. The molecule has 8 rings (SSSR count). The van der Waals surface area contributed by atoms with Gasteiger partial charge < -0.3 is 36.6 Å². The van der Waals surface area contributed by atoms with Crippen molar-refractivity contribution in [2.75, 3.05) is 39.0 Å². The van der Waals surface area contributed by atoms with Crippen molar-refractivity contribution in [3.63, 3.8) is 0 Å². The van der Waals surface area contributed by atoms with Gasteiger partial charge in [0.1, 0.15) is 5.75 Å². The molecule has 5 atom stereocenters. The second-order valence-electron chi connectivity index (χ2n) is 21.4. The standard InChI is InChI=1S/C40H54N4.C22H28N2O/c1-10-30-20-33(22-35-27(4)24-39(7,8)43-37(30)35)41-29(6)19-26(3)17-18-40(9)25-28(5)36-23-34(21-31(11-2)38(36)44-40)42-32-15-13-12-14-16-32;1-6-22(4)14-15(2)19-12-18(13-20(25-5)21(19)24-22)23-16(3)17-10-8-7-9-11-17/h12-16,20-26,29,41-44H,10-11,17-19H2,1-9H3;7-14,16,23-24H,6H2,1-5H3. The number of para-hydroxylation sites is 1. The van der Waals surface area contributed by atoms with E-state index >= 15 is 0 Å². The largest absolute Gasteiger partial charge is 0.494 e. The molecule has 3 heterocycles. The van der Waals surface area contributed by atoms with Crippen LogP contribution in [-0.2, 0) is 12.8 Å². The summed E-state index contributed by atoms with van der Waals surface area (Å²) in [5.41, 5.74) is 20.0. The van der Waals surface area contributed by atoms with E-state index in [1.807, 2.05) is 6.07 Å². The van der Waals surface area contributed by atoms with Gasteiger partial charge in [0.25, 0.3) is 0 Å². The second-order valence-corrected chi connectivity index (χ2v) is 21.4. The van der Waals surface area contributed by atoms with Crippen LogP contribution in [0.2, 0.25) is 0 Å². The highest BCUT2D eigenvalue weighted by atomic mass is 16.5. The van der Waals surface area contributed by atoms with Crippen LogP contribution < -0.4 is 36.6 Å². The number of nitrogens with one attached hydrogen (secondary N) is 6. The summed E-state index contributed by atoms with van der Waals surface area (Å²) in [5, 5.41) is 22.5. The van der Waals surface area contributed by atoms with Gasteiger partial charge in [-0.2, -0.15) is 0 Å². The Morgan fingerprint density at radius 2 is 1.09 bits per heavy atom. The summed E-state index contributed by atoms with van der Waals surface area (Å²) >= 11 is 0. The lowest BCUT2D eigenvalue weighted by Crippen LogP contribution is -2.36. The smallest absolute Gasteiger partial charge is 0.144 e. The van der Waals surface area contributed by atoms with Crippen LogP contribution in [0.4, 0.5) is 39.8 Å². The van der Waals surface area contributed by atoms with E-state index in [0.717, 1.165) is 60.6 Å². The van der Waals surface area contributed by atoms with Crippen molar-refractivity contribution in [1.29, 1.82) is 0 Å². The Kier molecular flexibility index (Phi) is 15.7. The first-order valence-electron chi connectivity index (χ1n) is 25.7. The number of fused-ring (bicyclic) bond motifs is 3. The number of allylic oxidation sites excluding steroid dienone is 3. The van der Waals surface area contributed by atoms with Gasteiger partial charge in [-0.25, -0.2) is 0 Å². The molecule has 7 heteroatoms. The molecule has 5 aromatic carbocycles. The van der Waals surface area contributed by atoms with Crippen molar-refractivity contribution in [2.24, 2.45) is 5.92 Å². The van der Waals surface area contributed by atoms with Crippen molar-refractivity contribution < 1.29 is 4.74 Å². The molecule has 0 spiro atoms. The Morgan fingerprint density at radius 1 is 0.565 bits per heavy atom. The summed E-state index contributed by atoms with van der Waals surface area (Å²) in [6.45, 7) is 29.4. The van der Waals surface area contributed by atoms with Crippen LogP contribution in [-0.4, -0.2) is 29.8 Å². The summed E-state index contributed by atoms with van der Waals surface area (Å²) in [5.74, 6) is 1.49. The Morgan fingerprint density at radius 3 is 1.70 bits per heavy atom. The van der Waals surface area contributed by atoms with E-state index in [4.69, 9.17) is 4.74 Å². The highest BCUT2D eigenvalue weighted by Gasteiger charge is 2.31. The van der Waals surface area contributed by atoms with Crippen molar-refractivity contribution >= 4 is 56.5 Å². The molecular weight excluding hydrogens is 845 g/mol. The normalized spacial score (nSPS) is 19.9. The molecule has 0 saturated carbocycles. The molecule has 0 aromatic heterocycles. The summed E-state index contributed by atoms with van der Waals surface area (Å²) in [6, 6.07) is 35.1. The number of hydrogen-bond acceptors (Lipinski definition) is 7. The third-order valence-electron chi connectivity index (χ3n) is 14.5. The van der Waals surface area contributed by atoms with E-state index in [0.29, 0.717) is 12.0 Å². The summed E-state index contributed by atoms with van der Waals surface area (Å²) < 4.78 is 5.70. The lowest BCUT2D eigenvalue weighted by molar-refractivity contribution is 0.411. The van der Waals surface area contributed by atoms with Gasteiger partial charge in [-0.05, 0) is 183 Å². The minimum Gasteiger partial charge on any atom is -0.494 e. The van der Waals surface area contributed by atoms with Gasteiger partial charge in [0.05, 0.1) is 29.4 Å². The van der Waals surface area contributed by atoms with Crippen LogP contribution in [0.5, 0.6) is 5.75 Å². The van der Waals surface area contributed by atoms with E-state index in [1.165, 1.54) is 73.6 Å². The van der Waals surface area contributed by atoms with Crippen LogP contribution in [0.25, 0.3) is 16.7 Å². The van der Waals surface area contributed by atoms with Crippen molar-refractivity contribution in [3.8, 4) is 5.75 Å². The summed E-state index contributed by atoms with van der Waals surface area (Å²) in [6.07, 6.45) is 13.6. The fourth-order valence-corrected chi connectivity index (χ4v) is 10.8. The van der Waals surface area contributed by atoms with Crippen LogP contribution >= 0.6 is 0 Å². The molecule has 3 aliphatic rings. The minimum absolute atomic E-state index is 0.0149. The molecule has 0 bridgehead atoms. The number of anilines is 7. The van der Waals surface area contributed by atoms with Gasteiger partial charge in [-0.3, -0.25) is 0 Å². The highest BCUT2D eigenvalue weighted by Crippen LogP contribution is 2.45. The Bertz CT molecular complexity index is 2680. The quantitative estimate of drug-likeness (QED) is 0.0588. The average Bonchev–Trinajstić information content (AvgIpc) is 3.31. The maximum Gasteiger partial charge on any atom is 0.144 e. The number of ether oxygens (including phenoxy) is 1. The molecule has 366 valence electrons. The molecule has 0 fully saturated rings. The predicted octanol–water partition coefficient (Wildman–Crippen LogP) is 16.9. The third-order valence-corrected chi connectivity index (χ3v) is 14.5. The van der Waals surface area contributed by atoms with Crippen LogP contribution in [0.15, 0.2) is 115 Å². The van der Waals surface area contributed by atoms with Gasteiger partial charge in [-0.1, -0.05) is 94.5 Å². The molecule has 0 saturated heterocycles. The van der Waals surface area contributed by atoms with Gasteiger partial charge in [0, 0.05) is 69.0 Å². The first kappa shape index (κ1) is 50.8. The molecule has 0 aliphatic carbocycles. The first-order valence-corrected chi connectivity index (χ1v) is 25.7. The van der Waals surface area contributed by atoms with E-state index in [2.05, 4.69) is 231 Å². The van der Waals surface area contributed by atoms with Gasteiger partial charge in [0.2, 0.25) is 0 Å². The molecule has 0 radical (unpaired) electrons. The Balaban J connectivity index is 0.000000238. The van der Waals surface area contributed by atoms with Crippen LogP contribution in [0.1, 0.15) is 155 Å². The van der Waals surface area contributed by atoms with E-state index in [-0.39, 0.29) is 22.7 Å². The zero-order chi connectivity index (χ0) is 49.7. The summed E-state index contributed by atoms with van der Waals surface area (Å²) in [7, 11) is 1.73. The fraction of sp³-hybridized carbons (Fsp3) is 0.419. The fourth-order valence-electron chi connectivity index (χ4n) is 10.8. The second kappa shape index (κ2) is 21.3. The Labute approximate surface area is 416 Å². The molecular formula is C62H82N6O. The molecule has 69 heavy (non-hydrogen) atoms. The molecule has 0 amide bonds. The highest BCUT2D eigenvalue weighted by molar-refractivity contribution is 5.88. The number of rotatable bonds is 16. The lowest BCUT2D eigenvalue weighted by atomic mass is 9.82. The number of aryl methyl sites for hydroxylation is 2. The van der Waals surface area contributed by atoms with E-state index in [1.54, 1.807) is 7.11 Å². The molecule has 5 unspecified atom stereocenters. The maximum atomic E-state index is 5.70. The van der Waals surface area contributed by atoms with Crippen molar-refractivity contribution in [1.82, 2.24) is 0 Å². The lowest BCUT2D eigenvalue weighted by Gasteiger charge is -2.37. The van der Waals surface area contributed by atoms with Crippen molar-refractivity contribution in [2.45, 2.75) is 157 Å². The molecule has 6 N–H and O–H groups in total. The number of hydrogen-bond donors (Lipinski definition) is 6. The van der Waals surface area contributed by atoms with E-state index in [9.17, 15) is 0 Å². The van der Waals surface area contributed by atoms with Gasteiger partial charge in [0.15, 0.2) is 0 Å². The molecule has 5 aromatic rings. The minimum atomic E-state index is -0.0561. The van der Waals surface area contributed by atoms with Crippen LogP contribution in [0.3, 0.4) is 0 Å². The predicted molar refractivity (Wildman–Crippen MR) is 302 cm³/mol. The Hall–Kier alpha value is -6.08. The first-order chi connectivity index (χ1) is 32.8. The monoisotopic (exact) mass is 927 g/mol. The maximum absolute atomic E-state index is 5.70. The van der Waals surface area contributed by atoms with E-state index < -0.39 is 0 Å². The third kappa shape index (κ3) is 12.2. The zero-order valence-corrected chi connectivity index (χ0v) is 44.4. The number of benzene rings is 5. The topological polar surface area (TPSA) is 81.4 Å². The van der Waals surface area contributed by atoms with Gasteiger partial charge >= 0.3 is 0 Å². The molecule has 7 nitrogen and oxygen atoms in total. The SMILES string of the molecule is CCC1(C)C=C(C)c2cc(NC(C)c3ccccc3)cc(OC)c2N1.CCc1cc(NC(C)CC(C)CCC2(C)C=C(C)c3cc(Nc4ccccc4)cc(CC)c3N2)cc2c1NC(C)(C)C=C2C. The molecule has 3 aliphatic heterocycles. The van der Waals surface area contributed by atoms with Gasteiger partial charge in [-0.15, -0.1) is 0 Å². The van der Waals surface area contributed by atoms with Crippen molar-refractivity contribution in [3.05, 3.63) is 149 Å². The number of methoxy groups -OCH3 is 1. The summed E-state index contributed by atoms with van der Waals surface area (Å²) in [4.78, 5) is 0. The average molecular weight is 927 g/mol.